The Morgan fingerprint density at radius 3 is 2.71 bits per heavy atom. The summed E-state index contributed by atoms with van der Waals surface area (Å²) in [6, 6.07) is 8.56. The third-order valence-corrected chi connectivity index (χ3v) is 3.44. The Balaban J connectivity index is 2.09. The predicted octanol–water partition coefficient (Wildman–Crippen LogP) is 2.79. The third-order valence-electron chi connectivity index (χ3n) is 3.44. The van der Waals surface area contributed by atoms with Gasteiger partial charge >= 0.3 is 6.09 Å². The molecule has 0 fully saturated rings. The van der Waals surface area contributed by atoms with Crippen LogP contribution in [-0.2, 0) is 9.53 Å². The second-order valence-electron chi connectivity index (χ2n) is 5.63. The first-order valence-corrected chi connectivity index (χ1v) is 7.85. The molecule has 0 saturated heterocycles. The van der Waals surface area contributed by atoms with Gasteiger partial charge in [-0.3, -0.25) is 9.89 Å². The molecular weight excluding hydrogens is 308 g/mol. The highest BCUT2D eigenvalue weighted by atomic mass is 16.5. The maximum absolute atomic E-state index is 12.5. The fourth-order valence-corrected chi connectivity index (χ4v) is 2.24. The van der Waals surface area contributed by atoms with Gasteiger partial charge in [0.15, 0.2) is 0 Å². The highest BCUT2D eigenvalue weighted by Crippen LogP contribution is 2.20. The average molecular weight is 330 g/mol. The monoisotopic (exact) mass is 330 g/mol. The van der Waals surface area contributed by atoms with Crippen molar-refractivity contribution in [2.24, 2.45) is 5.92 Å². The molecule has 7 nitrogen and oxygen atoms in total. The number of rotatable bonds is 6. The van der Waals surface area contributed by atoms with Crippen molar-refractivity contribution in [2.45, 2.75) is 26.8 Å². The summed E-state index contributed by atoms with van der Waals surface area (Å²) in [6.45, 7) is 5.68. The van der Waals surface area contributed by atoms with Crippen LogP contribution in [0.1, 0.15) is 20.8 Å². The van der Waals surface area contributed by atoms with Crippen molar-refractivity contribution in [3.8, 4) is 11.3 Å². The lowest BCUT2D eigenvalue weighted by molar-refractivity contribution is -0.119. The van der Waals surface area contributed by atoms with Crippen LogP contribution in [0.15, 0.2) is 36.5 Å². The van der Waals surface area contributed by atoms with E-state index in [1.54, 1.807) is 19.2 Å². The molecule has 1 aromatic heterocycles. The minimum atomic E-state index is -0.681. The van der Waals surface area contributed by atoms with Crippen molar-refractivity contribution in [3.05, 3.63) is 36.5 Å². The third kappa shape index (κ3) is 4.58. The van der Waals surface area contributed by atoms with Crippen LogP contribution in [0.25, 0.3) is 11.3 Å². The molecule has 24 heavy (non-hydrogen) atoms. The molecule has 2 rings (SSSR count). The number of amides is 2. The fourth-order valence-electron chi connectivity index (χ4n) is 2.24. The van der Waals surface area contributed by atoms with E-state index in [0.29, 0.717) is 5.69 Å². The molecule has 0 aliphatic carbocycles. The molecule has 3 N–H and O–H groups in total. The van der Waals surface area contributed by atoms with E-state index in [2.05, 4.69) is 20.8 Å². The van der Waals surface area contributed by atoms with E-state index in [1.807, 2.05) is 38.1 Å². The van der Waals surface area contributed by atoms with E-state index in [1.165, 1.54) is 0 Å². The number of hydrogen-bond acceptors (Lipinski definition) is 4. The molecule has 2 amide bonds. The summed E-state index contributed by atoms with van der Waals surface area (Å²) >= 11 is 0. The number of anilines is 1. The van der Waals surface area contributed by atoms with Crippen LogP contribution in [0, 0.1) is 5.92 Å². The Hall–Kier alpha value is -2.83. The predicted molar refractivity (Wildman–Crippen MR) is 91.4 cm³/mol. The standard InChI is InChI=1S/C17H22N4O3/c1-4-24-17(23)20-15(11(2)3)16(22)19-13-7-5-6-12(10-13)14-8-9-18-21-14/h5-11,15H,4H2,1-3H3,(H,18,21)(H,19,22)(H,20,23). The van der Waals surface area contributed by atoms with Crippen molar-refractivity contribution in [3.63, 3.8) is 0 Å². The summed E-state index contributed by atoms with van der Waals surface area (Å²) in [7, 11) is 0. The molecule has 0 spiro atoms. The van der Waals surface area contributed by atoms with E-state index in [0.717, 1.165) is 11.3 Å². The van der Waals surface area contributed by atoms with E-state index in [4.69, 9.17) is 4.74 Å². The van der Waals surface area contributed by atoms with Gasteiger partial charge in [-0.15, -0.1) is 0 Å². The van der Waals surface area contributed by atoms with Gasteiger partial charge in [-0.25, -0.2) is 4.79 Å². The first kappa shape index (κ1) is 17.5. The molecular formula is C17H22N4O3. The van der Waals surface area contributed by atoms with Gasteiger partial charge in [0.2, 0.25) is 5.91 Å². The number of alkyl carbamates (subject to hydrolysis) is 1. The minimum absolute atomic E-state index is 0.0785. The number of aromatic nitrogens is 2. The zero-order chi connectivity index (χ0) is 17.5. The van der Waals surface area contributed by atoms with Crippen LogP contribution >= 0.6 is 0 Å². The zero-order valence-corrected chi connectivity index (χ0v) is 14.0. The molecule has 1 atom stereocenters. The Kier molecular flexibility index (Phi) is 5.95. The highest BCUT2D eigenvalue weighted by molar-refractivity contribution is 5.97. The molecule has 1 heterocycles. The Morgan fingerprint density at radius 2 is 2.08 bits per heavy atom. The number of aromatic amines is 1. The summed E-state index contributed by atoms with van der Waals surface area (Å²) in [4.78, 5) is 24.1. The first-order chi connectivity index (χ1) is 11.5. The SMILES string of the molecule is CCOC(=O)NC(C(=O)Nc1cccc(-c2ccn[nH]2)c1)C(C)C. The normalized spacial score (nSPS) is 11.8. The molecule has 0 aliphatic heterocycles. The average Bonchev–Trinajstić information content (AvgIpc) is 3.07. The number of hydrogen-bond donors (Lipinski definition) is 3. The summed E-state index contributed by atoms with van der Waals surface area (Å²) < 4.78 is 4.85. The summed E-state index contributed by atoms with van der Waals surface area (Å²) in [6.07, 6.45) is 1.07. The molecule has 0 bridgehead atoms. The van der Waals surface area contributed by atoms with Crippen LogP contribution in [0.5, 0.6) is 0 Å². The summed E-state index contributed by atoms with van der Waals surface area (Å²) in [5.41, 5.74) is 2.41. The maximum Gasteiger partial charge on any atom is 0.407 e. The lowest BCUT2D eigenvalue weighted by Gasteiger charge is -2.21. The Labute approximate surface area is 140 Å². The first-order valence-electron chi connectivity index (χ1n) is 7.85. The molecule has 1 aromatic carbocycles. The van der Waals surface area contributed by atoms with Crippen molar-refractivity contribution >= 4 is 17.7 Å². The minimum Gasteiger partial charge on any atom is -0.450 e. The summed E-state index contributed by atoms with van der Waals surface area (Å²) in [5.74, 6) is -0.370. The summed E-state index contributed by atoms with van der Waals surface area (Å²) in [5, 5.41) is 12.2. The molecule has 128 valence electrons. The number of nitrogens with zero attached hydrogens (tertiary/aromatic N) is 1. The second kappa shape index (κ2) is 8.14. The van der Waals surface area contributed by atoms with E-state index in [9.17, 15) is 9.59 Å². The quantitative estimate of drug-likeness (QED) is 0.759. The van der Waals surface area contributed by atoms with Gasteiger partial charge in [0.1, 0.15) is 6.04 Å². The number of carbonyl (C=O) groups excluding carboxylic acids is 2. The van der Waals surface area contributed by atoms with Crippen LogP contribution < -0.4 is 10.6 Å². The topological polar surface area (TPSA) is 96.1 Å². The van der Waals surface area contributed by atoms with Crippen LogP contribution in [0.4, 0.5) is 10.5 Å². The highest BCUT2D eigenvalue weighted by Gasteiger charge is 2.24. The number of carbonyl (C=O) groups is 2. The van der Waals surface area contributed by atoms with E-state index >= 15 is 0 Å². The number of H-pyrrole nitrogens is 1. The van der Waals surface area contributed by atoms with Crippen molar-refractivity contribution < 1.29 is 14.3 Å². The molecule has 2 aromatic rings. The Bertz CT molecular complexity index is 683. The molecule has 1 unspecified atom stereocenters. The second-order valence-corrected chi connectivity index (χ2v) is 5.63. The van der Waals surface area contributed by atoms with E-state index in [-0.39, 0.29) is 18.4 Å². The largest absolute Gasteiger partial charge is 0.450 e. The van der Waals surface area contributed by atoms with Crippen molar-refractivity contribution in [1.29, 1.82) is 0 Å². The van der Waals surface area contributed by atoms with E-state index < -0.39 is 12.1 Å². The van der Waals surface area contributed by atoms with Crippen LogP contribution in [-0.4, -0.2) is 34.8 Å². The number of benzene rings is 1. The lowest BCUT2D eigenvalue weighted by Crippen LogP contribution is -2.47. The fraction of sp³-hybridized carbons (Fsp3) is 0.353. The van der Waals surface area contributed by atoms with Gasteiger partial charge in [-0.1, -0.05) is 26.0 Å². The van der Waals surface area contributed by atoms with Gasteiger partial charge in [-0.05, 0) is 31.0 Å². The van der Waals surface area contributed by atoms with Crippen molar-refractivity contribution in [1.82, 2.24) is 15.5 Å². The number of ether oxygens (including phenoxy) is 1. The van der Waals surface area contributed by atoms with Crippen LogP contribution in [0.2, 0.25) is 0 Å². The lowest BCUT2D eigenvalue weighted by atomic mass is 10.0. The maximum atomic E-state index is 12.5. The Morgan fingerprint density at radius 1 is 1.29 bits per heavy atom. The van der Waals surface area contributed by atoms with Gasteiger partial charge < -0.3 is 15.4 Å². The van der Waals surface area contributed by atoms with Gasteiger partial charge in [0, 0.05) is 17.4 Å². The molecule has 0 aliphatic rings. The smallest absolute Gasteiger partial charge is 0.407 e. The van der Waals surface area contributed by atoms with Gasteiger partial charge in [0.25, 0.3) is 0 Å². The number of nitrogens with one attached hydrogen (secondary N) is 3. The van der Waals surface area contributed by atoms with Crippen molar-refractivity contribution in [2.75, 3.05) is 11.9 Å². The van der Waals surface area contributed by atoms with Gasteiger partial charge in [0.05, 0.1) is 12.3 Å². The van der Waals surface area contributed by atoms with Gasteiger partial charge in [-0.2, -0.15) is 5.10 Å². The molecule has 0 radical (unpaired) electrons. The zero-order valence-electron chi connectivity index (χ0n) is 14.0. The molecule has 7 heteroatoms. The van der Waals surface area contributed by atoms with Crippen LogP contribution in [0.3, 0.4) is 0 Å². The molecule has 0 saturated carbocycles.